The Hall–Kier alpha value is -2.16. The van der Waals surface area contributed by atoms with Gasteiger partial charge in [0.1, 0.15) is 11.6 Å². The number of amides is 3. The Morgan fingerprint density at radius 1 is 1.21 bits per heavy atom. The van der Waals surface area contributed by atoms with Crippen molar-refractivity contribution >= 4 is 35.0 Å². The van der Waals surface area contributed by atoms with E-state index in [0.717, 1.165) is 12.8 Å². The van der Waals surface area contributed by atoms with E-state index >= 15 is 0 Å². The Morgan fingerprint density at radius 2 is 1.97 bits per heavy atom. The molecular formula is C24H32ClN3O5. The molecule has 1 spiro atoms. The molecule has 33 heavy (non-hydrogen) atoms. The van der Waals surface area contributed by atoms with Crippen LogP contribution in [0.1, 0.15) is 45.4 Å². The average Bonchev–Trinajstić information content (AvgIpc) is 3.44. The smallest absolute Gasteiger partial charge is 0.250 e. The quantitative estimate of drug-likeness (QED) is 0.448. The normalized spacial score (nSPS) is 29.9. The number of carbonyl (C=O) groups excluding carboxylic acids is 3. The molecule has 3 aliphatic rings. The Morgan fingerprint density at radius 3 is 2.67 bits per heavy atom. The predicted molar refractivity (Wildman–Crippen MR) is 124 cm³/mol. The zero-order valence-corrected chi connectivity index (χ0v) is 19.6. The molecule has 1 aromatic rings. The number of ether oxygens (including phenoxy) is 1. The zero-order valence-electron chi connectivity index (χ0n) is 18.9. The number of rotatable bonds is 10. The van der Waals surface area contributed by atoms with Crippen molar-refractivity contribution in [1.82, 2.24) is 10.2 Å². The summed E-state index contributed by atoms with van der Waals surface area (Å²) in [5.41, 5.74) is -0.412. The Labute approximate surface area is 199 Å². The SMILES string of the molecule is CCCNC(=O)[C@@H]1[C@H]2C(=O)N(CCCCCO)C(C(=O)Nc3ccc(Cl)cc3)C23CC[C@H]1O3. The first kappa shape index (κ1) is 24.0. The second kappa shape index (κ2) is 9.99. The molecule has 0 radical (unpaired) electrons. The zero-order chi connectivity index (χ0) is 23.6. The van der Waals surface area contributed by atoms with E-state index in [0.29, 0.717) is 49.5 Å². The van der Waals surface area contributed by atoms with Crippen molar-refractivity contribution < 1.29 is 24.2 Å². The van der Waals surface area contributed by atoms with Crippen molar-refractivity contribution in [1.29, 1.82) is 0 Å². The Kier molecular flexibility index (Phi) is 7.26. The number of carbonyl (C=O) groups is 3. The molecule has 0 saturated carbocycles. The summed E-state index contributed by atoms with van der Waals surface area (Å²) in [5, 5.41) is 15.5. The fourth-order valence-electron chi connectivity index (χ4n) is 5.67. The summed E-state index contributed by atoms with van der Waals surface area (Å²) in [5.74, 6) is -1.90. The summed E-state index contributed by atoms with van der Waals surface area (Å²) in [6.07, 6.45) is 3.71. The van der Waals surface area contributed by atoms with Crippen molar-refractivity contribution in [3.63, 3.8) is 0 Å². The highest BCUT2D eigenvalue weighted by atomic mass is 35.5. The fourth-order valence-corrected chi connectivity index (χ4v) is 5.80. The van der Waals surface area contributed by atoms with Gasteiger partial charge < -0.3 is 25.4 Å². The summed E-state index contributed by atoms with van der Waals surface area (Å²) < 4.78 is 6.37. The van der Waals surface area contributed by atoms with Crippen LogP contribution in [-0.2, 0) is 19.1 Å². The number of likely N-dealkylation sites (tertiary alicyclic amines) is 1. The molecule has 9 heteroatoms. The molecule has 3 saturated heterocycles. The van der Waals surface area contributed by atoms with Crippen LogP contribution in [-0.4, -0.2) is 65.2 Å². The van der Waals surface area contributed by atoms with E-state index in [-0.39, 0.29) is 30.4 Å². The summed E-state index contributed by atoms with van der Waals surface area (Å²) >= 11 is 5.96. The van der Waals surface area contributed by atoms with E-state index in [1.54, 1.807) is 29.2 Å². The van der Waals surface area contributed by atoms with Gasteiger partial charge in [-0.05, 0) is 62.8 Å². The van der Waals surface area contributed by atoms with E-state index in [4.69, 9.17) is 21.4 Å². The second-order valence-corrected chi connectivity index (χ2v) is 9.60. The summed E-state index contributed by atoms with van der Waals surface area (Å²) in [6.45, 7) is 2.99. The van der Waals surface area contributed by atoms with Crippen LogP contribution in [0.15, 0.2) is 24.3 Å². The molecule has 180 valence electrons. The third kappa shape index (κ3) is 4.36. The number of unbranched alkanes of at least 4 members (excludes halogenated alkanes) is 2. The lowest BCUT2D eigenvalue weighted by Gasteiger charge is -2.33. The molecule has 5 atom stereocenters. The molecule has 8 nitrogen and oxygen atoms in total. The first-order chi connectivity index (χ1) is 15.9. The number of hydrogen-bond donors (Lipinski definition) is 3. The summed E-state index contributed by atoms with van der Waals surface area (Å²) in [7, 11) is 0. The molecule has 3 heterocycles. The van der Waals surface area contributed by atoms with Crippen molar-refractivity contribution in [2.24, 2.45) is 11.8 Å². The van der Waals surface area contributed by atoms with Crippen LogP contribution in [0, 0.1) is 11.8 Å². The van der Waals surface area contributed by atoms with Gasteiger partial charge in [-0.3, -0.25) is 14.4 Å². The molecular weight excluding hydrogens is 446 g/mol. The standard InChI is InChI=1S/C24H32ClN3O5/c1-2-12-26-21(30)18-17-10-11-24(33-17)19(18)23(32)28(13-4-3-5-14-29)20(24)22(31)27-16-8-6-15(25)7-9-16/h6-9,17-20,29H,2-5,10-14H2,1H3,(H,26,30)(H,27,31)/t17-,18+,19+,20?,24?/m1/s1. The molecule has 1 aromatic carbocycles. The predicted octanol–water partition coefficient (Wildman–Crippen LogP) is 2.34. The van der Waals surface area contributed by atoms with Gasteiger partial charge in [0, 0.05) is 30.4 Å². The number of aliphatic hydroxyl groups is 1. The fraction of sp³-hybridized carbons (Fsp3) is 0.625. The van der Waals surface area contributed by atoms with Crippen molar-refractivity contribution in [3.05, 3.63) is 29.3 Å². The highest BCUT2D eigenvalue weighted by molar-refractivity contribution is 6.30. The van der Waals surface area contributed by atoms with Gasteiger partial charge in [0.15, 0.2) is 0 Å². The van der Waals surface area contributed by atoms with Gasteiger partial charge >= 0.3 is 0 Å². The first-order valence-corrected chi connectivity index (χ1v) is 12.2. The van der Waals surface area contributed by atoms with Gasteiger partial charge in [-0.1, -0.05) is 18.5 Å². The number of benzene rings is 1. The molecule has 3 N–H and O–H groups in total. The molecule has 3 amide bonds. The third-order valence-electron chi connectivity index (χ3n) is 7.07. The van der Waals surface area contributed by atoms with Gasteiger partial charge in [-0.25, -0.2) is 0 Å². The van der Waals surface area contributed by atoms with Crippen LogP contribution >= 0.6 is 11.6 Å². The number of nitrogens with one attached hydrogen (secondary N) is 2. The number of aliphatic hydroxyl groups excluding tert-OH is 1. The molecule has 3 aliphatic heterocycles. The largest absolute Gasteiger partial charge is 0.396 e. The highest BCUT2D eigenvalue weighted by Crippen LogP contribution is 2.58. The molecule has 0 aliphatic carbocycles. The molecule has 2 unspecified atom stereocenters. The van der Waals surface area contributed by atoms with Gasteiger partial charge in [0.2, 0.25) is 17.7 Å². The number of halogens is 1. The van der Waals surface area contributed by atoms with Crippen LogP contribution in [0.3, 0.4) is 0 Å². The lowest BCUT2D eigenvalue weighted by molar-refractivity contribution is -0.140. The minimum Gasteiger partial charge on any atom is -0.396 e. The monoisotopic (exact) mass is 477 g/mol. The van der Waals surface area contributed by atoms with Crippen LogP contribution < -0.4 is 10.6 Å². The third-order valence-corrected chi connectivity index (χ3v) is 7.32. The molecule has 0 aromatic heterocycles. The minimum absolute atomic E-state index is 0.0887. The lowest BCUT2D eigenvalue weighted by atomic mass is 9.70. The van der Waals surface area contributed by atoms with Gasteiger partial charge in [-0.15, -0.1) is 0 Å². The summed E-state index contributed by atoms with van der Waals surface area (Å²) in [4.78, 5) is 41.8. The molecule has 4 rings (SSSR count). The minimum atomic E-state index is -0.997. The Balaban J connectivity index is 1.61. The Bertz CT molecular complexity index is 895. The number of anilines is 1. The van der Waals surface area contributed by atoms with E-state index in [1.807, 2.05) is 6.92 Å². The highest BCUT2D eigenvalue weighted by Gasteiger charge is 2.74. The van der Waals surface area contributed by atoms with E-state index < -0.39 is 23.5 Å². The van der Waals surface area contributed by atoms with Crippen LogP contribution in [0.2, 0.25) is 5.02 Å². The second-order valence-electron chi connectivity index (χ2n) is 9.16. The van der Waals surface area contributed by atoms with E-state index in [1.165, 1.54) is 0 Å². The average molecular weight is 478 g/mol. The van der Waals surface area contributed by atoms with Crippen molar-refractivity contribution in [2.45, 2.75) is 63.2 Å². The van der Waals surface area contributed by atoms with Crippen molar-refractivity contribution in [2.75, 3.05) is 25.0 Å². The van der Waals surface area contributed by atoms with Crippen LogP contribution in [0.25, 0.3) is 0 Å². The first-order valence-electron chi connectivity index (χ1n) is 11.9. The summed E-state index contributed by atoms with van der Waals surface area (Å²) in [6, 6.07) is 6.00. The van der Waals surface area contributed by atoms with Crippen molar-refractivity contribution in [3.8, 4) is 0 Å². The van der Waals surface area contributed by atoms with Gasteiger partial charge in [0.25, 0.3) is 0 Å². The lowest BCUT2D eigenvalue weighted by Crippen LogP contribution is -2.53. The number of nitrogens with zero attached hydrogens (tertiary/aromatic N) is 1. The molecule has 2 bridgehead atoms. The van der Waals surface area contributed by atoms with Crippen LogP contribution in [0.5, 0.6) is 0 Å². The maximum absolute atomic E-state index is 13.7. The number of hydrogen-bond acceptors (Lipinski definition) is 5. The maximum atomic E-state index is 13.7. The van der Waals surface area contributed by atoms with E-state index in [2.05, 4.69) is 10.6 Å². The number of fused-ring (bicyclic) bond motifs is 1. The topological polar surface area (TPSA) is 108 Å². The maximum Gasteiger partial charge on any atom is 0.250 e. The van der Waals surface area contributed by atoms with Gasteiger partial charge in [0.05, 0.1) is 17.9 Å². The van der Waals surface area contributed by atoms with Crippen LogP contribution in [0.4, 0.5) is 5.69 Å². The molecule has 3 fully saturated rings. The van der Waals surface area contributed by atoms with Gasteiger partial charge in [-0.2, -0.15) is 0 Å². The van der Waals surface area contributed by atoms with E-state index in [9.17, 15) is 14.4 Å².